The molecule has 0 spiro atoms. The maximum atomic E-state index is 11.2. The zero-order valence-electron chi connectivity index (χ0n) is 9.14. The van der Waals surface area contributed by atoms with E-state index in [1.165, 1.54) is 19.3 Å². The van der Waals surface area contributed by atoms with Crippen molar-refractivity contribution in [3.63, 3.8) is 0 Å². The van der Waals surface area contributed by atoms with Crippen LogP contribution in [0.15, 0.2) is 0 Å². The van der Waals surface area contributed by atoms with Crippen molar-refractivity contribution in [1.29, 1.82) is 0 Å². The fraction of sp³-hybridized carbons (Fsp3) is 0.909. The van der Waals surface area contributed by atoms with E-state index in [2.05, 4.69) is 6.92 Å². The lowest BCUT2D eigenvalue weighted by atomic mass is 10.0. The largest absolute Gasteiger partial charge is 0.466 e. The molecule has 78 valence electrons. The molecule has 2 heteroatoms. The van der Waals surface area contributed by atoms with E-state index in [4.69, 9.17) is 4.74 Å². The standard InChI is InChI=1S/C11H22O2/c1-4-6-7-8-9-10(3)11(12)13-5-2/h10H,4-9H2,1-3H3. The maximum Gasteiger partial charge on any atom is 0.308 e. The Labute approximate surface area is 81.7 Å². The number of hydrogen-bond donors (Lipinski definition) is 0. The summed E-state index contributed by atoms with van der Waals surface area (Å²) in [7, 11) is 0. The van der Waals surface area contributed by atoms with Gasteiger partial charge in [0.2, 0.25) is 0 Å². The van der Waals surface area contributed by atoms with Crippen LogP contribution >= 0.6 is 0 Å². The highest BCUT2D eigenvalue weighted by atomic mass is 16.5. The number of carbonyl (C=O) groups is 1. The lowest BCUT2D eigenvalue weighted by Gasteiger charge is -2.09. The van der Waals surface area contributed by atoms with E-state index in [1.807, 2.05) is 13.8 Å². The highest BCUT2D eigenvalue weighted by Gasteiger charge is 2.12. The molecular formula is C11H22O2. The molecule has 0 N–H and O–H groups in total. The predicted octanol–water partition coefficient (Wildman–Crippen LogP) is 3.16. The number of rotatable bonds is 7. The zero-order chi connectivity index (χ0) is 10.1. The molecule has 0 aliphatic carbocycles. The third-order valence-corrected chi connectivity index (χ3v) is 2.18. The molecule has 1 unspecified atom stereocenters. The Balaban J connectivity index is 3.38. The molecule has 0 aliphatic rings. The van der Waals surface area contributed by atoms with Crippen LogP contribution in [0, 0.1) is 5.92 Å². The van der Waals surface area contributed by atoms with Crippen molar-refractivity contribution in [2.75, 3.05) is 6.61 Å². The number of unbranched alkanes of at least 4 members (excludes halogenated alkanes) is 3. The topological polar surface area (TPSA) is 26.3 Å². The third-order valence-electron chi connectivity index (χ3n) is 2.18. The molecule has 0 saturated carbocycles. The van der Waals surface area contributed by atoms with E-state index in [9.17, 15) is 4.79 Å². The van der Waals surface area contributed by atoms with Crippen molar-refractivity contribution in [3.05, 3.63) is 0 Å². The minimum absolute atomic E-state index is 0.0426. The van der Waals surface area contributed by atoms with Crippen LogP contribution in [0.2, 0.25) is 0 Å². The molecule has 2 nitrogen and oxygen atoms in total. The predicted molar refractivity (Wildman–Crippen MR) is 54.6 cm³/mol. The summed E-state index contributed by atoms with van der Waals surface area (Å²) in [5.41, 5.74) is 0. The lowest BCUT2D eigenvalue weighted by Crippen LogP contribution is -2.14. The summed E-state index contributed by atoms with van der Waals surface area (Å²) < 4.78 is 4.92. The minimum atomic E-state index is -0.0426. The lowest BCUT2D eigenvalue weighted by molar-refractivity contribution is -0.147. The first kappa shape index (κ1) is 12.5. The van der Waals surface area contributed by atoms with E-state index < -0.39 is 0 Å². The molecule has 0 fully saturated rings. The summed E-state index contributed by atoms with van der Waals surface area (Å²) in [4.78, 5) is 11.2. The second kappa shape index (κ2) is 8.09. The van der Waals surface area contributed by atoms with Gasteiger partial charge in [-0.1, -0.05) is 39.5 Å². The Morgan fingerprint density at radius 1 is 1.23 bits per heavy atom. The molecule has 0 radical (unpaired) electrons. The van der Waals surface area contributed by atoms with Gasteiger partial charge < -0.3 is 4.74 Å². The van der Waals surface area contributed by atoms with Gasteiger partial charge in [-0.15, -0.1) is 0 Å². The molecular weight excluding hydrogens is 164 g/mol. The Hall–Kier alpha value is -0.530. The van der Waals surface area contributed by atoms with E-state index in [0.29, 0.717) is 6.61 Å². The Morgan fingerprint density at radius 2 is 1.92 bits per heavy atom. The normalized spacial score (nSPS) is 12.5. The Bertz CT molecular complexity index is 132. The van der Waals surface area contributed by atoms with Crippen LogP contribution in [-0.4, -0.2) is 12.6 Å². The number of carbonyl (C=O) groups excluding carboxylic acids is 1. The minimum Gasteiger partial charge on any atom is -0.466 e. The molecule has 0 aromatic rings. The highest BCUT2D eigenvalue weighted by Crippen LogP contribution is 2.11. The van der Waals surface area contributed by atoms with Crippen LogP contribution in [0.5, 0.6) is 0 Å². The quantitative estimate of drug-likeness (QED) is 0.451. The first-order valence-corrected chi connectivity index (χ1v) is 5.39. The first-order valence-electron chi connectivity index (χ1n) is 5.39. The van der Waals surface area contributed by atoms with Crippen LogP contribution in [0.4, 0.5) is 0 Å². The monoisotopic (exact) mass is 186 g/mol. The third kappa shape index (κ3) is 6.62. The summed E-state index contributed by atoms with van der Waals surface area (Å²) in [5, 5.41) is 0. The van der Waals surface area contributed by atoms with Gasteiger partial charge in [-0.3, -0.25) is 4.79 Å². The molecule has 0 aliphatic heterocycles. The molecule has 0 rings (SSSR count). The second-order valence-electron chi connectivity index (χ2n) is 3.50. The summed E-state index contributed by atoms with van der Waals surface area (Å²) >= 11 is 0. The molecule has 0 amide bonds. The van der Waals surface area contributed by atoms with Gasteiger partial charge in [-0.25, -0.2) is 0 Å². The van der Waals surface area contributed by atoms with Gasteiger partial charge in [0.15, 0.2) is 0 Å². The van der Waals surface area contributed by atoms with Crippen molar-refractivity contribution in [3.8, 4) is 0 Å². The van der Waals surface area contributed by atoms with Gasteiger partial charge in [0, 0.05) is 0 Å². The van der Waals surface area contributed by atoms with E-state index >= 15 is 0 Å². The van der Waals surface area contributed by atoms with Crippen molar-refractivity contribution in [2.24, 2.45) is 5.92 Å². The maximum absolute atomic E-state index is 11.2. The van der Waals surface area contributed by atoms with Gasteiger partial charge in [0.1, 0.15) is 0 Å². The smallest absolute Gasteiger partial charge is 0.308 e. The van der Waals surface area contributed by atoms with Gasteiger partial charge >= 0.3 is 5.97 Å². The molecule has 13 heavy (non-hydrogen) atoms. The van der Waals surface area contributed by atoms with Gasteiger partial charge in [-0.2, -0.15) is 0 Å². The number of hydrogen-bond acceptors (Lipinski definition) is 2. The van der Waals surface area contributed by atoms with Crippen LogP contribution < -0.4 is 0 Å². The van der Waals surface area contributed by atoms with Crippen molar-refractivity contribution in [2.45, 2.75) is 52.9 Å². The molecule has 0 bridgehead atoms. The summed E-state index contributed by atoms with van der Waals surface area (Å²) in [6.45, 7) is 6.48. The number of esters is 1. The summed E-state index contributed by atoms with van der Waals surface area (Å²) in [5.74, 6) is 0.0378. The molecule has 1 atom stereocenters. The van der Waals surface area contributed by atoms with Crippen LogP contribution in [0.25, 0.3) is 0 Å². The SMILES string of the molecule is CCCCCCC(C)C(=O)OCC. The zero-order valence-corrected chi connectivity index (χ0v) is 9.14. The highest BCUT2D eigenvalue weighted by molar-refractivity contribution is 5.71. The summed E-state index contributed by atoms with van der Waals surface area (Å²) in [6.07, 6.45) is 5.87. The molecule has 0 aromatic heterocycles. The van der Waals surface area contributed by atoms with Crippen molar-refractivity contribution >= 4 is 5.97 Å². The Kier molecular flexibility index (Phi) is 7.76. The van der Waals surface area contributed by atoms with Crippen molar-refractivity contribution in [1.82, 2.24) is 0 Å². The average Bonchev–Trinajstić information content (AvgIpc) is 2.12. The fourth-order valence-electron chi connectivity index (χ4n) is 1.28. The first-order chi connectivity index (χ1) is 6.22. The van der Waals surface area contributed by atoms with E-state index in [-0.39, 0.29) is 11.9 Å². The van der Waals surface area contributed by atoms with Crippen LogP contribution in [0.1, 0.15) is 52.9 Å². The van der Waals surface area contributed by atoms with E-state index in [0.717, 1.165) is 12.8 Å². The molecule has 0 aromatic carbocycles. The van der Waals surface area contributed by atoms with E-state index in [1.54, 1.807) is 0 Å². The van der Waals surface area contributed by atoms with Crippen LogP contribution in [0.3, 0.4) is 0 Å². The van der Waals surface area contributed by atoms with Crippen LogP contribution in [-0.2, 0) is 9.53 Å². The van der Waals surface area contributed by atoms with Gasteiger partial charge in [0.05, 0.1) is 12.5 Å². The number of ether oxygens (including phenoxy) is 1. The Morgan fingerprint density at radius 3 is 2.46 bits per heavy atom. The second-order valence-corrected chi connectivity index (χ2v) is 3.50. The van der Waals surface area contributed by atoms with Crippen molar-refractivity contribution < 1.29 is 9.53 Å². The van der Waals surface area contributed by atoms with Gasteiger partial charge in [0.25, 0.3) is 0 Å². The average molecular weight is 186 g/mol. The summed E-state index contributed by atoms with van der Waals surface area (Å²) in [6, 6.07) is 0. The molecule has 0 heterocycles. The fourth-order valence-corrected chi connectivity index (χ4v) is 1.28. The molecule has 0 saturated heterocycles. The van der Waals surface area contributed by atoms with Gasteiger partial charge in [-0.05, 0) is 13.3 Å².